The summed E-state index contributed by atoms with van der Waals surface area (Å²) in [6.45, 7) is 6.95. The number of rotatable bonds is 3. The predicted molar refractivity (Wildman–Crippen MR) is 82.2 cm³/mol. The van der Waals surface area contributed by atoms with Gasteiger partial charge in [-0.25, -0.2) is 4.79 Å². The number of halogens is 1. The highest BCUT2D eigenvalue weighted by Crippen LogP contribution is 2.22. The van der Waals surface area contributed by atoms with Gasteiger partial charge in [-0.15, -0.1) is 5.06 Å². The van der Waals surface area contributed by atoms with Crippen LogP contribution >= 0.6 is 11.6 Å². The lowest BCUT2D eigenvalue weighted by molar-refractivity contribution is -0.207. The number of ether oxygens (including phenoxy) is 1. The number of hydrogen-bond acceptors (Lipinski definition) is 4. The molecule has 2 rings (SSSR count). The van der Waals surface area contributed by atoms with E-state index < -0.39 is 5.41 Å². The molecule has 1 saturated heterocycles. The van der Waals surface area contributed by atoms with Crippen LogP contribution in [-0.4, -0.2) is 30.2 Å². The fourth-order valence-electron chi connectivity index (χ4n) is 2.00. The van der Waals surface area contributed by atoms with Crippen LogP contribution in [0.15, 0.2) is 24.3 Å². The van der Waals surface area contributed by atoms with E-state index >= 15 is 0 Å². The third kappa shape index (κ3) is 4.90. The maximum Gasteiger partial charge on any atom is 0.330 e. The number of nitrogens with zero attached hydrogens (tertiary/aromatic N) is 1. The SMILES string of the molecule is CC(C)(C)C(=O)ON1CCC(Oc2ccc(Cl)cc2)CC1. The van der Waals surface area contributed by atoms with Gasteiger partial charge in [0.15, 0.2) is 0 Å². The van der Waals surface area contributed by atoms with E-state index in [1.165, 1.54) is 0 Å². The van der Waals surface area contributed by atoms with E-state index in [9.17, 15) is 4.79 Å². The van der Waals surface area contributed by atoms with Gasteiger partial charge in [0, 0.05) is 31.0 Å². The summed E-state index contributed by atoms with van der Waals surface area (Å²) in [4.78, 5) is 17.2. The predicted octanol–water partition coefficient (Wildman–Crippen LogP) is 3.69. The quantitative estimate of drug-likeness (QED) is 0.853. The van der Waals surface area contributed by atoms with Crippen LogP contribution in [0.3, 0.4) is 0 Å². The van der Waals surface area contributed by atoms with Crippen LogP contribution in [0.1, 0.15) is 33.6 Å². The van der Waals surface area contributed by atoms with Crippen molar-refractivity contribution < 1.29 is 14.4 Å². The van der Waals surface area contributed by atoms with Gasteiger partial charge in [0.2, 0.25) is 0 Å². The molecule has 1 aliphatic rings. The zero-order valence-corrected chi connectivity index (χ0v) is 13.5. The Morgan fingerprint density at radius 3 is 2.29 bits per heavy atom. The molecule has 0 aliphatic carbocycles. The lowest BCUT2D eigenvalue weighted by Gasteiger charge is -2.32. The fraction of sp³-hybridized carbons (Fsp3) is 0.562. The summed E-state index contributed by atoms with van der Waals surface area (Å²) in [5.74, 6) is 0.629. The van der Waals surface area contributed by atoms with Crippen molar-refractivity contribution in [2.45, 2.75) is 39.7 Å². The van der Waals surface area contributed by atoms with Crippen molar-refractivity contribution >= 4 is 17.6 Å². The van der Waals surface area contributed by atoms with Crippen LogP contribution in [0.4, 0.5) is 0 Å². The minimum atomic E-state index is -0.476. The topological polar surface area (TPSA) is 38.8 Å². The average molecular weight is 312 g/mol. The Bertz CT molecular complexity index is 473. The first-order valence-corrected chi connectivity index (χ1v) is 7.62. The Kier molecular flexibility index (Phi) is 5.12. The van der Waals surface area contributed by atoms with E-state index in [2.05, 4.69) is 0 Å². The van der Waals surface area contributed by atoms with Crippen molar-refractivity contribution in [3.8, 4) is 5.75 Å². The Labute approximate surface area is 130 Å². The molecule has 1 aromatic carbocycles. The highest BCUT2D eigenvalue weighted by Gasteiger charge is 2.28. The van der Waals surface area contributed by atoms with E-state index in [-0.39, 0.29) is 12.1 Å². The van der Waals surface area contributed by atoms with Crippen molar-refractivity contribution in [2.24, 2.45) is 5.41 Å². The zero-order chi connectivity index (χ0) is 15.5. The van der Waals surface area contributed by atoms with E-state index in [4.69, 9.17) is 21.2 Å². The molecule has 0 saturated carbocycles. The maximum absolute atomic E-state index is 11.8. The van der Waals surface area contributed by atoms with Crippen molar-refractivity contribution in [2.75, 3.05) is 13.1 Å². The van der Waals surface area contributed by atoms with E-state index in [0.717, 1.165) is 18.6 Å². The monoisotopic (exact) mass is 311 g/mol. The third-order valence-electron chi connectivity index (χ3n) is 3.34. The first-order valence-electron chi connectivity index (χ1n) is 7.24. The summed E-state index contributed by atoms with van der Waals surface area (Å²) < 4.78 is 5.91. The number of hydrogen-bond donors (Lipinski definition) is 0. The summed E-state index contributed by atoms with van der Waals surface area (Å²) in [6.07, 6.45) is 1.82. The van der Waals surface area contributed by atoms with Gasteiger partial charge >= 0.3 is 5.97 Å². The molecule has 0 amide bonds. The normalized spacial score (nSPS) is 17.5. The average Bonchev–Trinajstić information content (AvgIpc) is 2.42. The summed E-state index contributed by atoms with van der Waals surface area (Å²) in [5.41, 5.74) is -0.476. The summed E-state index contributed by atoms with van der Waals surface area (Å²) in [5, 5.41) is 2.43. The largest absolute Gasteiger partial charge is 0.490 e. The van der Waals surface area contributed by atoms with Crippen LogP contribution in [-0.2, 0) is 9.63 Å². The van der Waals surface area contributed by atoms with Crippen LogP contribution in [0, 0.1) is 5.41 Å². The third-order valence-corrected chi connectivity index (χ3v) is 3.59. The van der Waals surface area contributed by atoms with E-state index in [1.54, 1.807) is 5.06 Å². The molecule has 0 bridgehead atoms. The van der Waals surface area contributed by atoms with Gasteiger partial charge in [-0.3, -0.25) is 0 Å². The maximum atomic E-state index is 11.8. The van der Waals surface area contributed by atoms with Crippen LogP contribution in [0.2, 0.25) is 5.02 Å². The molecule has 1 heterocycles. The number of piperidine rings is 1. The molecule has 0 atom stereocenters. The van der Waals surface area contributed by atoms with Crippen molar-refractivity contribution in [1.29, 1.82) is 0 Å². The van der Waals surface area contributed by atoms with Crippen LogP contribution in [0.25, 0.3) is 0 Å². The standard InChI is InChI=1S/C16H22ClNO3/c1-16(2,3)15(19)21-18-10-8-14(9-11-18)20-13-6-4-12(17)5-7-13/h4-7,14H,8-11H2,1-3H3. The smallest absolute Gasteiger partial charge is 0.330 e. The summed E-state index contributed by atoms with van der Waals surface area (Å²) >= 11 is 5.85. The molecule has 116 valence electrons. The lowest BCUT2D eigenvalue weighted by Crippen LogP contribution is -2.41. The van der Waals surface area contributed by atoms with Crippen LogP contribution in [0.5, 0.6) is 5.75 Å². The summed E-state index contributed by atoms with van der Waals surface area (Å²) in [6, 6.07) is 7.37. The number of carbonyl (C=O) groups excluding carboxylic acids is 1. The molecular weight excluding hydrogens is 290 g/mol. The molecule has 1 aliphatic heterocycles. The first-order chi connectivity index (χ1) is 9.84. The summed E-state index contributed by atoms with van der Waals surface area (Å²) in [7, 11) is 0. The molecule has 0 radical (unpaired) electrons. The Balaban J connectivity index is 1.78. The molecule has 0 N–H and O–H groups in total. The lowest BCUT2D eigenvalue weighted by atomic mass is 9.98. The van der Waals surface area contributed by atoms with Gasteiger partial charge in [0.25, 0.3) is 0 Å². The molecule has 1 aromatic rings. The van der Waals surface area contributed by atoms with Gasteiger partial charge in [-0.1, -0.05) is 11.6 Å². The fourth-order valence-corrected chi connectivity index (χ4v) is 2.13. The zero-order valence-electron chi connectivity index (χ0n) is 12.8. The molecule has 0 spiro atoms. The highest BCUT2D eigenvalue weighted by molar-refractivity contribution is 6.30. The second kappa shape index (κ2) is 6.67. The highest BCUT2D eigenvalue weighted by atomic mass is 35.5. The van der Waals surface area contributed by atoms with Crippen molar-refractivity contribution in [3.05, 3.63) is 29.3 Å². The number of benzene rings is 1. The van der Waals surface area contributed by atoms with E-state index in [1.807, 2.05) is 45.0 Å². The van der Waals surface area contributed by atoms with Gasteiger partial charge in [0.1, 0.15) is 11.9 Å². The molecule has 0 aromatic heterocycles. The molecule has 0 unspecified atom stereocenters. The Morgan fingerprint density at radius 1 is 1.19 bits per heavy atom. The van der Waals surface area contributed by atoms with E-state index in [0.29, 0.717) is 18.1 Å². The number of hydroxylamine groups is 2. The van der Waals surface area contributed by atoms with Crippen molar-refractivity contribution in [3.63, 3.8) is 0 Å². The molecule has 4 nitrogen and oxygen atoms in total. The minimum Gasteiger partial charge on any atom is -0.490 e. The Hall–Kier alpha value is -1.26. The van der Waals surface area contributed by atoms with Crippen molar-refractivity contribution in [1.82, 2.24) is 5.06 Å². The van der Waals surface area contributed by atoms with Gasteiger partial charge < -0.3 is 9.57 Å². The molecule has 21 heavy (non-hydrogen) atoms. The number of carbonyl (C=O) groups is 1. The molecule has 5 heteroatoms. The van der Waals surface area contributed by atoms with Crippen LogP contribution < -0.4 is 4.74 Å². The first kappa shape index (κ1) is 16.1. The molecular formula is C16H22ClNO3. The van der Waals surface area contributed by atoms with Gasteiger partial charge in [0.05, 0.1) is 5.41 Å². The minimum absolute atomic E-state index is 0.149. The molecule has 1 fully saturated rings. The van der Waals surface area contributed by atoms with Gasteiger partial charge in [-0.2, -0.15) is 0 Å². The Morgan fingerprint density at radius 2 is 1.76 bits per heavy atom. The second-order valence-corrected chi connectivity index (χ2v) is 6.77. The van der Waals surface area contributed by atoms with Gasteiger partial charge in [-0.05, 0) is 45.0 Å². The second-order valence-electron chi connectivity index (χ2n) is 6.33.